The average Bonchev–Trinajstić information content (AvgIpc) is 3.43. The van der Waals surface area contributed by atoms with Crippen molar-refractivity contribution in [2.75, 3.05) is 37.3 Å². The van der Waals surface area contributed by atoms with Crippen LogP contribution in [-0.4, -0.2) is 54.2 Å². The van der Waals surface area contributed by atoms with Crippen molar-refractivity contribution in [3.8, 4) is 0 Å². The molecule has 2 N–H and O–H groups in total. The van der Waals surface area contributed by atoms with Gasteiger partial charge in [0.1, 0.15) is 0 Å². The zero-order valence-corrected chi connectivity index (χ0v) is 19.9. The van der Waals surface area contributed by atoms with Crippen molar-refractivity contribution in [2.24, 2.45) is 0 Å². The molecule has 0 aromatic heterocycles. The number of likely N-dealkylation sites (tertiary alicyclic amines) is 1. The fourth-order valence-electron chi connectivity index (χ4n) is 4.13. The first kappa shape index (κ1) is 24.0. The summed E-state index contributed by atoms with van der Waals surface area (Å²) in [6, 6.07) is 23.9. The molecule has 1 aliphatic rings. The maximum absolute atomic E-state index is 12.8. The zero-order chi connectivity index (χ0) is 24.6. The van der Waals surface area contributed by atoms with Crippen LogP contribution in [0, 0.1) is 0 Å². The third-order valence-corrected chi connectivity index (χ3v) is 5.96. The molecule has 0 bridgehead atoms. The van der Waals surface area contributed by atoms with Crippen LogP contribution >= 0.6 is 0 Å². The first-order chi connectivity index (χ1) is 17.0. The van der Waals surface area contributed by atoms with Gasteiger partial charge in [0, 0.05) is 49.2 Å². The predicted molar refractivity (Wildman–Crippen MR) is 137 cm³/mol. The van der Waals surface area contributed by atoms with Gasteiger partial charge >= 0.3 is 0 Å². The molecule has 3 aromatic rings. The average molecular weight is 471 g/mol. The van der Waals surface area contributed by atoms with Gasteiger partial charge in [-0.2, -0.15) is 0 Å². The minimum atomic E-state index is -0.247. The van der Waals surface area contributed by atoms with Gasteiger partial charge in [-0.15, -0.1) is 0 Å². The van der Waals surface area contributed by atoms with Crippen molar-refractivity contribution in [1.82, 2.24) is 9.80 Å². The van der Waals surface area contributed by atoms with Gasteiger partial charge < -0.3 is 20.4 Å². The Labute approximate surface area is 205 Å². The van der Waals surface area contributed by atoms with E-state index in [0.717, 1.165) is 31.5 Å². The number of benzene rings is 3. The molecule has 1 fully saturated rings. The van der Waals surface area contributed by atoms with Crippen molar-refractivity contribution >= 4 is 29.1 Å². The van der Waals surface area contributed by atoms with E-state index in [0.29, 0.717) is 29.0 Å². The molecule has 0 unspecified atom stereocenters. The molecule has 7 heteroatoms. The van der Waals surface area contributed by atoms with E-state index in [9.17, 15) is 14.4 Å². The Morgan fingerprint density at radius 3 is 2.23 bits per heavy atom. The zero-order valence-electron chi connectivity index (χ0n) is 19.9. The fraction of sp³-hybridized carbons (Fsp3) is 0.250. The Morgan fingerprint density at radius 1 is 0.829 bits per heavy atom. The molecule has 1 heterocycles. The minimum absolute atomic E-state index is 0.0225. The molecule has 1 saturated heterocycles. The van der Waals surface area contributed by atoms with Crippen LogP contribution in [0.1, 0.15) is 39.1 Å². The second-order valence-electron chi connectivity index (χ2n) is 8.71. The topological polar surface area (TPSA) is 81.8 Å². The number of hydrogen-bond acceptors (Lipinski definition) is 4. The highest BCUT2D eigenvalue weighted by Crippen LogP contribution is 2.17. The summed E-state index contributed by atoms with van der Waals surface area (Å²) in [5.74, 6) is -0.347. The van der Waals surface area contributed by atoms with Crippen LogP contribution in [0.2, 0.25) is 0 Å². The highest BCUT2D eigenvalue weighted by atomic mass is 16.2. The normalized spacial score (nSPS) is 12.8. The lowest BCUT2D eigenvalue weighted by Gasteiger charge is -2.18. The Morgan fingerprint density at radius 2 is 1.49 bits per heavy atom. The quantitative estimate of drug-likeness (QED) is 0.516. The number of amides is 3. The molecule has 0 spiro atoms. The Balaban J connectivity index is 1.32. The molecule has 3 aromatic carbocycles. The van der Waals surface area contributed by atoms with Gasteiger partial charge in [-0.25, -0.2) is 0 Å². The summed E-state index contributed by atoms with van der Waals surface area (Å²) < 4.78 is 0. The van der Waals surface area contributed by atoms with E-state index in [1.54, 1.807) is 48.3 Å². The highest BCUT2D eigenvalue weighted by Gasteiger charge is 2.19. The van der Waals surface area contributed by atoms with E-state index in [1.165, 1.54) is 0 Å². The third-order valence-electron chi connectivity index (χ3n) is 5.96. The second-order valence-corrected chi connectivity index (χ2v) is 8.71. The van der Waals surface area contributed by atoms with Crippen molar-refractivity contribution in [3.63, 3.8) is 0 Å². The first-order valence-electron chi connectivity index (χ1n) is 11.8. The van der Waals surface area contributed by atoms with Crippen LogP contribution in [0.3, 0.4) is 0 Å². The molecule has 7 nitrogen and oxygen atoms in total. The van der Waals surface area contributed by atoms with Gasteiger partial charge in [0.15, 0.2) is 0 Å². The van der Waals surface area contributed by atoms with Crippen LogP contribution in [-0.2, 0) is 11.3 Å². The summed E-state index contributed by atoms with van der Waals surface area (Å²) >= 11 is 0. The van der Waals surface area contributed by atoms with Crippen LogP contribution in [0.15, 0.2) is 78.9 Å². The Bertz CT molecular complexity index is 1190. The van der Waals surface area contributed by atoms with Gasteiger partial charge in [-0.1, -0.05) is 42.5 Å². The highest BCUT2D eigenvalue weighted by molar-refractivity contribution is 5.98. The monoisotopic (exact) mass is 470 g/mol. The molecule has 0 atom stereocenters. The number of rotatable bonds is 8. The summed E-state index contributed by atoms with van der Waals surface area (Å²) in [7, 11) is 1.76. The van der Waals surface area contributed by atoms with E-state index in [2.05, 4.69) is 10.6 Å². The van der Waals surface area contributed by atoms with Gasteiger partial charge in [0.05, 0.1) is 6.54 Å². The van der Waals surface area contributed by atoms with Crippen molar-refractivity contribution in [2.45, 2.75) is 19.4 Å². The van der Waals surface area contributed by atoms with E-state index in [1.807, 2.05) is 47.4 Å². The summed E-state index contributed by atoms with van der Waals surface area (Å²) in [5, 5.41) is 5.91. The van der Waals surface area contributed by atoms with Crippen molar-refractivity contribution in [3.05, 3.63) is 95.6 Å². The van der Waals surface area contributed by atoms with Crippen molar-refractivity contribution < 1.29 is 14.4 Å². The number of nitrogens with zero attached hydrogens (tertiary/aromatic N) is 2. The van der Waals surface area contributed by atoms with E-state index < -0.39 is 0 Å². The van der Waals surface area contributed by atoms with Crippen LogP contribution in [0.4, 0.5) is 11.4 Å². The lowest BCUT2D eigenvalue weighted by molar-refractivity contribution is -0.114. The number of carbonyl (C=O) groups excluding carboxylic acids is 3. The fourth-order valence-corrected chi connectivity index (χ4v) is 4.13. The van der Waals surface area contributed by atoms with Crippen LogP contribution < -0.4 is 10.6 Å². The molecule has 0 radical (unpaired) electrons. The second kappa shape index (κ2) is 11.3. The molecule has 0 aliphatic carbocycles. The Hall–Kier alpha value is -4.13. The summed E-state index contributed by atoms with van der Waals surface area (Å²) in [5.41, 5.74) is 3.42. The van der Waals surface area contributed by atoms with Crippen molar-refractivity contribution in [1.29, 1.82) is 0 Å². The summed E-state index contributed by atoms with van der Waals surface area (Å²) in [6.45, 7) is 2.12. The smallest absolute Gasteiger partial charge is 0.253 e. The van der Waals surface area contributed by atoms with Gasteiger partial charge in [-0.3, -0.25) is 14.4 Å². The maximum Gasteiger partial charge on any atom is 0.253 e. The van der Waals surface area contributed by atoms with Crippen LogP contribution in [0.25, 0.3) is 0 Å². The van der Waals surface area contributed by atoms with Gasteiger partial charge in [0.2, 0.25) is 5.91 Å². The minimum Gasteiger partial charge on any atom is -0.376 e. The lowest BCUT2D eigenvalue weighted by Crippen LogP contribution is -2.27. The van der Waals surface area contributed by atoms with E-state index in [-0.39, 0.29) is 24.3 Å². The molecular weight excluding hydrogens is 440 g/mol. The number of nitrogens with one attached hydrogen (secondary N) is 2. The molecule has 0 saturated carbocycles. The van der Waals surface area contributed by atoms with E-state index in [4.69, 9.17) is 0 Å². The molecular formula is C28H30N4O3. The first-order valence-corrected chi connectivity index (χ1v) is 11.8. The third kappa shape index (κ3) is 6.47. The van der Waals surface area contributed by atoms with Gasteiger partial charge in [-0.05, 0) is 54.8 Å². The molecule has 180 valence electrons. The lowest BCUT2D eigenvalue weighted by atomic mass is 10.1. The molecule has 1 aliphatic heterocycles. The standard InChI is InChI=1S/C28H30N4O3/c1-31(20-21-9-3-2-4-10-21)27(34)22-11-8-14-25(18-22)30-26(33)19-29-24-13-7-12-23(17-24)28(35)32-15-5-6-16-32/h2-4,7-14,17-18,29H,5-6,15-16,19-20H2,1H3,(H,30,33). The summed E-state index contributed by atoms with van der Waals surface area (Å²) in [6.07, 6.45) is 2.08. The maximum atomic E-state index is 12.8. The number of carbonyl (C=O) groups is 3. The number of anilines is 2. The SMILES string of the molecule is CN(Cc1ccccc1)C(=O)c1cccc(NC(=O)CNc2cccc(C(=O)N3CCCC3)c2)c1. The van der Waals surface area contributed by atoms with E-state index >= 15 is 0 Å². The number of hydrogen-bond donors (Lipinski definition) is 2. The molecule has 3 amide bonds. The van der Waals surface area contributed by atoms with Gasteiger partial charge in [0.25, 0.3) is 11.8 Å². The predicted octanol–water partition coefficient (Wildman–Crippen LogP) is 4.25. The largest absolute Gasteiger partial charge is 0.376 e. The molecule has 4 rings (SSSR count). The van der Waals surface area contributed by atoms with Crippen LogP contribution in [0.5, 0.6) is 0 Å². The molecule has 35 heavy (non-hydrogen) atoms. The summed E-state index contributed by atoms with van der Waals surface area (Å²) in [4.78, 5) is 41.5. The Kier molecular flexibility index (Phi) is 7.77.